The molecule has 31 heavy (non-hydrogen) atoms. The number of hydrogen-bond acceptors (Lipinski definition) is 7. The Hall–Kier alpha value is -3.21. The molecule has 0 aliphatic carbocycles. The van der Waals surface area contributed by atoms with Crippen molar-refractivity contribution in [3.05, 3.63) is 62.4 Å². The second kappa shape index (κ2) is 8.50. The van der Waals surface area contributed by atoms with Crippen LogP contribution in [0.15, 0.2) is 49.8 Å². The summed E-state index contributed by atoms with van der Waals surface area (Å²) < 4.78 is 34.6. The van der Waals surface area contributed by atoms with E-state index in [0.29, 0.717) is 12.0 Å². The van der Waals surface area contributed by atoms with Gasteiger partial charge in [-0.2, -0.15) is 0 Å². The first-order valence-electron chi connectivity index (χ1n) is 9.69. The van der Waals surface area contributed by atoms with E-state index < -0.39 is 33.3 Å². The number of rotatable bonds is 6. The summed E-state index contributed by atoms with van der Waals surface area (Å²) in [5, 5.41) is 0. The van der Waals surface area contributed by atoms with E-state index in [4.69, 9.17) is 4.74 Å². The monoisotopic (exact) mass is 448 g/mol. The summed E-state index contributed by atoms with van der Waals surface area (Å²) in [7, 11) is -0.910. The zero-order chi connectivity index (χ0) is 22.9. The molecule has 0 fully saturated rings. The molecular weight excluding hydrogens is 424 g/mol. The van der Waals surface area contributed by atoms with Crippen molar-refractivity contribution in [2.75, 3.05) is 0 Å². The number of benzene rings is 1. The molecular formula is C20H24N4O6S. The fraction of sp³-hybridized carbons (Fsp3) is 0.400. The van der Waals surface area contributed by atoms with Crippen molar-refractivity contribution in [1.29, 1.82) is 0 Å². The predicted molar refractivity (Wildman–Crippen MR) is 113 cm³/mol. The van der Waals surface area contributed by atoms with Crippen LogP contribution in [-0.2, 0) is 40.3 Å². The Balaban J connectivity index is 1.90. The minimum atomic E-state index is -3.74. The first kappa shape index (κ1) is 22.5. The molecule has 1 aromatic carbocycles. The van der Waals surface area contributed by atoms with E-state index in [2.05, 4.69) is 9.71 Å². The van der Waals surface area contributed by atoms with Gasteiger partial charge < -0.3 is 4.74 Å². The molecule has 0 amide bonds. The Morgan fingerprint density at radius 3 is 2.55 bits per heavy atom. The topological polar surface area (TPSA) is 129 Å². The lowest BCUT2D eigenvalue weighted by atomic mass is 9.99. The first-order chi connectivity index (χ1) is 14.6. The van der Waals surface area contributed by atoms with Crippen molar-refractivity contribution in [3.8, 4) is 0 Å². The third-order valence-electron chi connectivity index (χ3n) is 5.34. The summed E-state index contributed by atoms with van der Waals surface area (Å²) in [5.41, 5.74) is -0.416. The maximum absolute atomic E-state index is 12.8. The van der Waals surface area contributed by atoms with Crippen molar-refractivity contribution in [1.82, 2.24) is 13.9 Å². The lowest BCUT2D eigenvalue weighted by Crippen LogP contribution is -2.38. The fourth-order valence-corrected chi connectivity index (χ4v) is 4.39. The number of carbonyl (C=O) groups is 1. The Labute approximate surface area is 179 Å². The van der Waals surface area contributed by atoms with Crippen LogP contribution in [0.4, 0.5) is 0 Å². The van der Waals surface area contributed by atoms with Gasteiger partial charge in [-0.15, -0.1) is 0 Å². The van der Waals surface area contributed by atoms with E-state index in [-0.39, 0.29) is 28.9 Å². The van der Waals surface area contributed by atoms with Gasteiger partial charge in [-0.1, -0.05) is 32.4 Å². The normalized spacial score (nSPS) is 17.6. The minimum Gasteiger partial charge on any atom is -0.458 e. The molecule has 2 unspecified atom stereocenters. The molecule has 2 aromatic rings. The van der Waals surface area contributed by atoms with E-state index in [1.54, 1.807) is 25.1 Å². The van der Waals surface area contributed by atoms with Gasteiger partial charge in [0.05, 0.1) is 10.6 Å². The number of ether oxygens (including phenoxy) is 1. The van der Waals surface area contributed by atoms with Gasteiger partial charge in [0.15, 0.2) is 6.04 Å². The van der Waals surface area contributed by atoms with Crippen LogP contribution in [-0.4, -0.2) is 35.4 Å². The number of nitrogens with one attached hydrogen (secondary N) is 1. The van der Waals surface area contributed by atoms with E-state index in [9.17, 15) is 22.8 Å². The Morgan fingerprint density at radius 1 is 1.19 bits per heavy atom. The molecule has 2 atom stereocenters. The number of amidine groups is 1. The van der Waals surface area contributed by atoms with E-state index in [1.165, 1.54) is 30.8 Å². The number of aliphatic imine (C=N–C) groups is 1. The van der Waals surface area contributed by atoms with Gasteiger partial charge >= 0.3 is 11.7 Å². The second-order valence-corrected chi connectivity index (χ2v) is 9.04. The quantitative estimate of drug-likeness (QED) is 0.632. The van der Waals surface area contributed by atoms with Crippen LogP contribution >= 0.6 is 0 Å². The molecule has 1 aliphatic heterocycles. The van der Waals surface area contributed by atoms with Crippen LogP contribution in [0, 0.1) is 5.92 Å². The third kappa shape index (κ3) is 4.31. The highest BCUT2D eigenvalue weighted by atomic mass is 32.2. The van der Waals surface area contributed by atoms with Crippen molar-refractivity contribution in [2.24, 2.45) is 25.0 Å². The molecule has 1 aliphatic rings. The predicted octanol–water partition coefficient (Wildman–Crippen LogP) is 0.281. The number of esters is 1. The minimum absolute atomic E-state index is 0.0823. The summed E-state index contributed by atoms with van der Waals surface area (Å²) in [6.45, 7) is 3.39. The van der Waals surface area contributed by atoms with Gasteiger partial charge in [-0.3, -0.25) is 23.6 Å². The Bertz CT molecular complexity index is 1280. The molecule has 0 spiro atoms. The number of hydrogen-bond donors (Lipinski definition) is 1. The highest BCUT2D eigenvalue weighted by Crippen LogP contribution is 2.24. The van der Waals surface area contributed by atoms with E-state index >= 15 is 0 Å². The number of carbonyl (C=O) groups excluding carboxylic acids is 1. The third-order valence-corrected chi connectivity index (χ3v) is 6.74. The summed E-state index contributed by atoms with van der Waals surface area (Å²) in [6.07, 6.45) is 0.593. The van der Waals surface area contributed by atoms with E-state index in [1.807, 2.05) is 6.92 Å². The van der Waals surface area contributed by atoms with Crippen molar-refractivity contribution >= 4 is 21.8 Å². The standard InChI is InChI=1S/C20H24N4O6S/c1-5-12(2)17(21-18-14-8-6-7-9-15(14)31(28,29)22-18)19(26)30-11-13-10-16(25)24(4)20(27)23(13)3/h6-10,12,17H,5,11H2,1-4H3,(H,21,22). The fourth-order valence-electron chi connectivity index (χ4n) is 3.15. The Morgan fingerprint density at radius 2 is 1.87 bits per heavy atom. The largest absolute Gasteiger partial charge is 0.458 e. The van der Waals surface area contributed by atoms with Crippen molar-refractivity contribution in [2.45, 2.75) is 37.8 Å². The van der Waals surface area contributed by atoms with Gasteiger partial charge in [0, 0.05) is 25.7 Å². The van der Waals surface area contributed by atoms with Crippen LogP contribution in [0.3, 0.4) is 0 Å². The SMILES string of the molecule is CCC(C)C(N=C1NS(=O)(=O)c2ccccc21)C(=O)OCc1cc(=O)n(C)c(=O)n1C. The summed E-state index contributed by atoms with van der Waals surface area (Å²) in [6, 6.07) is 6.62. The van der Waals surface area contributed by atoms with E-state index in [0.717, 1.165) is 4.57 Å². The number of sulfonamides is 1. The van der Waals surface area contributed by atoms with Crippen molar-refractivity contribution < 1.29 is 17.9 Å². The first-order valence-corrected chi connectivity index (χ1v) is 11.2. The lowest BCUT2D eigenvalue weighted by molar-refractivity contribution is -0.147. The summed E-state index contributed by atoms with van der Waals surface area (Å²) in [5.74, 6) is -0.845. The Kier molecular flexibility index (Phi) is 6.16. The highest BCUT2D eigenvalue weighted by molar-refractivity contribution is 7.90. The molecule has 1 aromatic heterocycles. The maximum atomic E-state index is 12.8. The molecule has 166 valence electrons. The van der Waals surface area contributed by atoms with Gasteiger partial charge in [0.1, 0.15) is 12.4 Å². The number of fused-ring (bicyclic) bond motifs is 1. The molecule has 10 nitrogen and oxygen atoms in total. The van der Waals surface area contributed by atoms with Crippen LogP contribution in [0.5, 0.6) is 0 Å². The maximum Gasteiger partial charge on any atom is 0.331 e. The zero-order valence-electron chi connectivity index (χ0n) is 17.7. The van der Waals surface area contributed by atoms with Gasteiger partial charge in [-0.05, 0) is 18.1 Å². The van der Waals surface area contributed by atoms with Crippen LogP contribution < -0.4 is 16.0 Å². The van der Waals surface area contributed by atoms with Gasteiger partial charge in [0.25, 0.3) is 15.6 Å². The average Bonchev–Trinajstić information content (AvgIpc) is 3.01. The molecule has 3 rings (SSSR count). The lowest BCUT2D eigenvalue weighted by Gasteiger charge is -2.19. The molecule has 2 heterocycles. The highest BCUT2D eigenvalue weighted by Gasteiger charge is 2.33. The molecule has 0 saturated heterocycles. The number of aromatic nitrogens is 2. The average molecular weight is 449 g/mol. The van der Waals surface area contributed by atoms with Crippen LogP contribution in [0.1, 0.15) is 31.5 Å². The molecule has 0 bridgehead atoms. The molecule has 0 saturated carbocycles. The van der Waals surface area contributed by atoms with Crippen LogP contribution in [0.25, 0.3) is 0 Å². The number of nitrogens with zero attached hydrogens (tertiary/aromatic N) is 3. The van der Waals surface area contributed by atoms with Gasteiger partial charge in [0.2, 0.25) is 0 Å². The molecule has 0 radical (unpaired) electrons. The van der Waals surface area contributed by atoms with Crippen LogP contribution in [0.2, 0.25) is 0 Å². The molecule has 11 heteroatoms. The zero-order valence-corrected chi connectivity index (χ0v) is 18.5. The van der Waals surface area contributed by atoms with Gasteiger partial charge in [-0.25, -0.2) is 18.0 Å². The molecule has 1 N–H and O–H groups in total. The second-order valence-electron chi connectivity index (χ2n) is 7.39. The van der Waals surface area contributed by atoms with Crippen molar-refractivity contribution in [3.63, 3.8) is 0 Å². The summed E-state index contributed by atoms with van der Waals surface area (Å²) in [4.78, 5) is 41.3. The summed E-state index contributed by atoms with van der Waals surface area (Å²) >= 11 is 0. The smallest absolute Gasteiger partial charge is 0.331 e.